The number of amides is 5. The van der Waals surface area contributed by atoms with E-state index >= 15 is 0 Å². The number of pyridine rings is 1. The van der Waals surface area contributed by atoms with Gasteiger partial charge in [0.2, 0.25) is 23.6 Å². The van der Waals surface area contributed by atoms with Gasteiger partial charge in [0.1, 0.15) is 18.4 Å². The van der Waals surface area contributed by atoms with Crippen molar-refractivity contribution in [2.24, 2.45) is 11.8 Å². The molecule has 0 spiro atoms. The molecule has 4 atom stereocenters. The second kappa shape index (κ2) is 22.8. The summed E-state index contributed by atoms with van der Waals surface area (Å²) in [5, 5.41) is 23.2. The largest absolute Gasteiger partial charge is 0.494 e. The van der Waals surface area contributed by atoms with Gasteiger partial charge in [-0.15, -0.1) is 0 Å². The van der Waals surface area contributed by atoms with Crippen LogP contribution in [-0.4, -0.2) is 113 Å². The van der Waals surface area contributed by atoms with E-state index in [2.05, 4.69) is 41.8 Å². The number of piperidine rings is 2. The standard InChI is InChI=1S/C50H60N10O8/c1-33(53-46(63)36-8-5-9-37(30-36)57-50(20-24-52-25-21-50)49-56-45(58-59-49)35-18-22-51-23-19-35)34-12-14-38(15-13-34)68-29-4-2-3-26-66-27-7-28-67-32-44(62)54-41-11-6-10-39-40(41)31-60(48(39)65)42-16-17-43(61)55-47(42)64/h5-6,8-15,18-19,22-23,30,33,39-40,42,52,57H,2-4,7,16-17,20-21,24-29,31-32H2,1H3,(H,53,63)(H,54,62)(H,55,61,64)(H,56,58,59)/t33-,39?,40?,42?/m1/s1. The molecule has 6 N–H and O–H groups in total. The maximum atomic E-state index is 13.5. The van der Waals surface area contributed by atoms with Crippen LogP contribution in [0.3, 0.4) is 0 Å². The van der Waals surface area contributed by atoms with E-state index in [9.17, 15) is 24.0 Å². The van der Waals surface area contributed by atoms with Crippen molar-refractivity contribution in [3.05, 3.63) is 114 Å². The first-order valence-electron chi connectivity index (χ1n) is 23.6. The first-order valence-corrected chi connectivity index (χ1v) is 23.6. The number of likely N-dealkylation sites (tertiary alicyclic amines) is 1. The Kier molecular flexibility index (Phi) is 16.0. The molecule has 4 aromatic rings. The third-order valence-corrected chi connectivity index (χ3v) is 12.8. The molecule has 8 rings (SSSR count). The smallest absolute Gasteiger partial charge is 0.251 e. The molecule has 3 fully saturated rings. The van der Waals surface area contributed by atoms with Crippen LogP contribution >= 0.6 is 0 Å². The average molecular weight is 929 g/mol. The van der Waals surface area contributed by atoms with Gasteiger partial charge in [0.25, 0.3) is 5.91 Å². The van der Waals surface area contributed by atoms with Crippen molar-refractivity contribution < 1.29 is 38.2 Å². The number of allylic oxidation sites excluding steroid dienone is 2. The molecule has 4 aliphatic rings. The third kappa shape index (κ3) is 12.0. The number of rotatable bonds is 22. The fourth-order valence-corrected chi connectivity index (χ4v) is 9.10. The van der Waals surface area contributed by atoms with Crippen LogP contribution in [0.15, 0.2) is 97.0 Å². The van der Waals surface area contributed by atoms with Gasteiger partial charge in [-0.1, -0.05) is 30.4 Å². The molecular formula is C50H60N10O8. The van der Waals surface area contributed by atoms with Gasteiger partial charge >= 0.3 is 0 Å². The van der Waals surface area contributed by atoms with Gasteiger partial charge in [0.05, 0.1) is 24.1 Å². The van der Waals surface area contributed by atoms with Crippen LogP contribution in [0.2, 0.25) is 0 Å². The van der Waals surface area contributed by atoms with Crippen molar-refractivity contribution >= 4 is 35.2 Å². The Morgan fingerprint density at radius 2 is 1.71 bits per heavy atom. The van der Waals surface area contributed by atoms with Gasteiger partial charge in [-0.3, -0.25) is 39.4 Å². The summed E-state index contributed by atoms with van der Waals surface area (Å²) in [5.74, 6) is -0.0706. The van der Waals surface area contributed by atoms with Crippen molar-refractivity contribution in [1.82, 2.24) is 46.3 Å². The zero-order chi connectivity index (χ0) is 47.3. The zero-order valence-electron chi connectivity index (χ0n) is 38.3. The number of aromatic amines is 1. The third-order valence-electron chi connectivity index (χ3n) is 12.8. The molecule has 2 aromatic heterocycles. The maximum absolute atomic E-state index is 13.5. The minimum atomic E-state index is -0.687. The molecule has 358 valence electrons. The van der Waals surface area contributed by atoms with Crippen molar-refractivity contribution in [3.63, 3.8) is 0 Å². The summed E-state index contributed by atoms with van der Waals surface area (Å²) < 4.78 is 17.3. The van der Waals surface area contributed by atoms with Crippen LogP contribution in [0.1, 0.15) is 86.1 Å². The number of carbonyl (C=O) groups excluding carboxylic acids is 5. The molecule has 0 saturated carbocycles. The van der Waals surface area contributed by atoms with Gasteiger partial charge in [0.15, 0.2) is 11.6 Å². The van der Waals surface area contributed by atoms with Crippen LogP contribution in [-0.2, 0) is 34.2 Å². The van der Waals surface area contributed by atoms with Crippen LogP contribution in [0.5, 0.6) is 5.75 Å². The van der Waals surface area contributed by atoms with E-state index in [0.717, 1.165) is 73.6 Å². The number of carbonyl (C=O) groups is 5. The predicted molar refractivity (Wildman–Crippen MR) is 252 cm³/mol. The number of ether oxygens (including phenoxy) is 3. The Hall–Kier alpha value is -6.76. The minimum Gasteiger partial charge on any atom is -0.494 e. The molecule has 3 unspecified atom stereocenters. The van der Waals surface area contributed by atoms with Crippen LogP contribution in [0.25, 0.3) is 11.4 Å². The number of anilines is 1. The van der Waals surface area contributed by atoms with Gasteiger partial charge in [0, 0.05) is 73.6 Å². The number of fused-ring (bicyclic) bond motifs is 1. The van der Waals surface area contributed by atoms with E-state index in [1.54, 1.807) is 30.6 Å². The topological polar surface area (TPSA) is 231 Å². The first-order chi connectivity index (χ1) is 33.2. The quantitative estimate of drug-likeness (QED) is 0.0473. The summed E-state index contributed by atoms with van der Waals surface area (Å²) in [5.41, 5.74) is 3.36. The SMILES string of the molecule is C[C@@H](NC(=O)c1cccc(NC2(c3nc(-c4ccncc4)n[nH]3)CCNCC2)c1)c1ccc(OCCCCCOCCCOCC(=O)NC2=CC=CC3C(=O)N(C4CCC(=O)NC4=O)CC23)cc1. The van der Waals surface area contributed by atoms with Crippen LogP contribution < -0.4 is 31.3 Å². The second-order valence-electron chi connectivity index (χ2n) is 17.6. The number of hydrogen-bond acceptors (Lipinski definition) is 13. The maximum Gasteiger partial charge on any atom is 0.251 e. The predicted octanol–water partition coefficient (Wildman–Crippen LogP) is 4.47. The Morgan fingerprint density at radius 3 is 2.51 bits per heavy atom. The Labute approximate surface area is 395 Å². The summed E-state index contributed by atoms with van der Waals surface area (Å²) >= 11 is 0. The molecule has 5 heterocycles. The van der Waals surface area contributed by atoms with Gasteiger partial charge in [-0.2, -0.15) is 5.10 Å². The number of benzene rings is 2. The van der Waals surface area contributed by atoms with E-state index in [-0.39, 0.29) is 55.2 Å². The average Bonchev–Trinajstić information content (AvgIpc) is 3.99. The number of aromatic nitrogens is 4. The molecule has 18 heteroatoms. The van der Waals surface area contributed by atoms with Gasteiger partial charge in [-0.25, -0.2) is 4.98 Å². The monoisotopic (exact) mass is 928 g/mol. The number of H-pyrrole nitrogens is 1. The summed E-state index contributed by atoms with van der Waals surface area (Å²) in [7, 11) is 0. The van der Waals surface area contributed by atoms with E-state index in [4.69, 9.17) is 19.2 Å². The summed E-state index contributed by atoms with van der Waals surface area (Å²) in [6.45, 7) is 5.83. The van der Waals surface area contributed by atoms with Gasteiger partial charge < -0.3 is 40.4 Å². The Balaban J connectivity index is 0.675. The highest BCUT2D eigenvalue weighted by Crippen LogP contribution is 2.36. The second-order valence-corrected chi connectivity index (χ2v) is 17.6. The highest BCUT2D eigenvalue weighted by atomic mass is 16.5. The lowest BCUT2D eigenvalue weighted by molar-refractivity contribution is -0.144. The fraction of sp³-hybridized carbons (Fsp3) is 0.440. The zero-order valence-corrected chi connectivity index (χ0v) is 38.3. The number of nitrogens with one attached hydrogen (secondary N) is 6. The lowest BCUT2D eigenvalue weighted by atomic mass is 9.87. The van der Waals surface area contributed by atoms with Crippen molar-refractivity contribution in [2.75, 3.05) is 58.0 Å². The van der Waals surface area contributed by atoms with E-state index < -0.39 is 23.4 Å². The highest BCUT2D eigenvalue weighted by molar-refractivity contribution is 6.02. The fourth-order valence-electron chi connectivity index (χ4n) is 9.10. The molecule has 0 radical (unpaired) electrons. The first kappa shape index (κ1) is 47.7. The highest BCUT2D eigenvalue weighted by Gasteiger charge is 2.47. The lowest BCUT2D eigenvalue weighted by Gasteiger charge is -2.37. The van der Waals surface area contributed by atoms with E-state index in [0.29, 0.717) is 56.4 Å². The summed E-state index contributed by atoms with van der Waals surface area (Å²) in [6.07, 6.45) is 14.2. The molecule has 0 bridgehead atoms. The number of hydrogen-bond donors (Lipinski definition) is 6. The molecule has 1 aliphatic carbocycles. The number of unbranched alkanes of at least 4 members (excludes halogenated alkanes) is 2. The molecule has 68 heavy (non-hydrogen) atoms. The summed E-state index contributed by atoms with van der Waals surface area (Å²) in [4.78, 5) is 73.8. The minimum absolute atomic E-state index is 0.128. The van der Waals surface area contributed by atoms with Crippen LogP contribution in [0.4, 0.5) is 5.69 Å². The molecule has 3 saturated heterocycles. The van der Waals surface area contributed by atoms with Gasteiger partial charge in [-0.05, 0) is 119 Å². The van der Waals surface area contributed by atoms with E-state index in [1.165, 1.54) is 4.90 Å². The Bertz CT molecular complexity index is 2450. The molecule has 18 nitrogen and oxygen atoms in total. The van der Waals surface area contributed by atoms with Crippen molar-refractivity contribution in [3.8, 4) is 17.1 Å². The molecule has 5 amide bonds. The lowest BCUT2D eigenvalue weighted by Crippen LogP contribution is -2.53. The molecule has 2 aromatic carbocycles. The Morgan fingerprint density at radius 1 is 0.926 bits per heavy atom. The molecule has 3 aliphatic heterocycles. The normalized spacial score (nSPS) is 20.2. The van der Waals surface area contributed by atoms with Crippen molar-refractivity contribution in [2.45, 2.75) is 75.9 Å². The number of nitrogens with zero attached hydrogens (tertiary/aromatic N) is 4. The van der Waals surface area contributed by atoms with Crippen LogP contribution in [0, 0.1) is 11.8 Å². The molecular weight excluding hydrogens is 869 g/mol. The van der Waals surface area contributed by atoms with E-state index in [1.807, 2.05) is 67.6 Å². The van der Waals surface area contributed by atoms with Crippen molar-refractivity contribution in [1.29, 1.82) is 0 Å². The summed E-state index contributed by atoms with van der Waals surface area (Å²) in [6, 6.07) is 18.2. The number of imide groups is 1.